The molecule has 0 aliphatic rings. The van der Waals surface area contributed by atoms with Crippen LogP contribution in [-0.2, 0) is 9.53 Å². The number of nitrogens with one attached hydrogen (secondary N) is 1. The molecule has 0 aromatic carbocycles. The molecule has 0 fully saturated rings. The molecular formula is C27H52N6O3. The molecule has 0 aliphatic carbocycles. The van der Waals surface area contributed by atoms with E-state index in [-0.39, 0.29) is 47.2 Å². The fourth-order valence-corrected chi connectivity index (χ4v) is 3.90. The fraction of sp³-hybridized carbons (Fsp3) is 0.778. The van der Waals surface area contributed by atoms with Crippen LogP contribution in [0.25, 0.3) is 0 Å². The quantitative estimate of drug-likeness (QED) is 0.152. The van der Waals surface area contributed by atoms with E-state index < -0.39 is 11.5 Å². The monoisotopic (exact) mass is 508 g/mol. The van der Waals surface area contributed by atoms with Crippen LogP contribution < -0.4 is 16.8 Å². The molecule has 0 saturated carbocycles. The summed E-state index contributed by atoms with van der Waals surface area (Å²) >= 11 is 0. The van der Waals surface area contributed by atoms with E-state index in [0.717, 1.165) is 19.3 Å². The van der Waals surface area contributed by atoms with Gasteiger partial charge in [0.1, 0.15) is 6.61 Å². The number of allylic oxidation sites excluding steroid dienone is 2. The molecule has 0 spiro atoms. The van der Waals surface area contributed by atoms with E-state index in [9.17, 15) is 9.59 Å². The highest BCUT2D eigenvalue weighted by Crippen LogP contribution is 2.50. The third-order valence-electron chi connectivity index (χ3n) is 7.40. The maximum absolute atomic E-state index is 13.0. The zero-order valence-corrected chi connectivity index (χ0v) is 24.6. The number of carbonyl (C=O) groups excluding carboxylic acids is 2. The number of carbonyl (C=O) groups is 2. The van der Waals surface area contributed by atoms with Crippen LogP contribution in [0.1, 0.15) is 88.0 Å². The van der Waals surface area contributed by atoms with E-state index in [1.54, 1.807) is 14.1 Å². The molecular weight excluding hydrogens is 456 g/mol. The van der Waals surface area contributed by atoms with Crippen LogP contribution in [0.15, 0.2) is 22.1 Å². The number of ether oxygens (including phenoxy) is 1. The van der Waals surface area contributed by atoms with Gasteiger partial charge < -0.3 is 26.4 Å². The van der Waals surface area contributed by atoms with Gasteiger partial charge in [-0.2, -0.15) is 4.99 Å². The van der Waals surface area contributed by atoms with E-state index >= 15 is 0 Å². The van der Waals surface area contributed by atoms with Gasteiger partial charge in [-0.1, -0.05) is 80.9 Å². The summed E-state index contributed by atoms with van der Waals surface area (Å²) < 4.78 is 5.02. The van der Waals surface area contributed by atoms with Crippen LogP contribution in [0.3, 0.4) is 0 Å². The number of rotatable bonds is 12. The highest BCUT2D eigenvalue weighted by Gasteiger charge is 2.43. The van der Waals surface area contributed by atoms with Gasteiger partial charge in [0.05, 0.1) is 6.54 Å². The standard InChI is InChI=1S/C27H52N6O3/c1-12-24(3,4)15-14-16-27(9,13-2)26(7,8)19-25(5,6)20(34)30-17-18-36-23(35)32-21(28)31-22(29)33(10)11/h14,16H,12-13,15,17-19H2,1-11H3,(H,30,34)(H4,28,29,31,32,35). The zero-order chi connectivity index (χ0) is 28.4. The van der Waals surface area contributed by atoms with Crippen molar-refractivity contribution in [2.75, 3.05) is 27.2 Å². The molecule has 0 aromatic rings. The minimum Gasteiger partial charge on any atom is -0.446 e. The molecule has 0 rings (SSSR count). The summed E-state index contributed by atoms with van der Waals surface area (Å²) in [6, 6.07) is 0. The molecule has 208 valence electrons. The molecule has 1 atom stereocenters. The molecule has 0 saturated heterocycles. The van der Waals surface area contributed by atoms with Gasteiger partial charge in [-0.3, -0.25) is 4.79 Å². The zero-order valence-electron chi connectivity index (χ0n) is 24.6. The Morgan fingerprint density at radius 2 is 1.56 bits per heavy atom. The lowest BCUT2D eigenvalue weighted by Crippen LogP contribution is -2.44. The smallest absolute Gasteiger partial charge is 0.436 e. The van der Waals surface area contributed by atoms with E-state index in [0.29, 0.717) is 6.42 Å². The first-order valence-corrected chi connectivity index (χ1v) is 12.8. The van der Waals surface area contributed by atoms with Crippen LogP contribution in [-0.4, -0.2) is 56.1 Å². The first-order valence-electron chi connectivity index (χ1n) is 12.8. The molecule has 0 aromatic heterocycles. The maximum Gasteiger partial charge on any atom is 0.436 e. The predicted molar refractivity (Wildman–Crippen MR) is 150 cm³/mol. The second-order valence-electron chi connectivity index (χ2n) is 12.0. The lowest BCUT2D eigenvalue weighted by Gasteiger charge is -2.46. The Morgan fingerprint density at radius 1 is 0.972 bits per heavy atom. The number of nitrogens with zero attached hydrogens (tertiary/aromatic N) is 3. The van der Waals surface area contributed by atoms with Crippen molar-refractivity contribution in [3.63, 3.8) is 0 Å². The third kappa shape index (κ3) is 11.0. The topological polar surface area (TPSA) is 135 Å². The summed E-state index contributed by atoms with van der Waals surface area (Å²) in [5.74, 6) is -0.279. The van der Waals surface area contributed by atoms with E-state index in [1.807, 2.05) is 13.8 Å². The van der Waals surface area contributed by atoms with Gasteiger partial charge in [0.25, 0.3) is 0 Å². The summed E-state index contributed by atoms with van der Waals surface area (Å²) in [5, 5.41) is 2.87. The molecule has 36 heavy (non-hydrogen) atoms. The Hall–Kier alpha value is -2.58. The summed E-state index contributed by atoms with van der Waals surface area (Å²) in [5.41, 5.74) is 10.7. The number of aliphatic imine (C=N–C) groups is 2. The number of guanidine groups is 2. The SMILES string of the molecule is CCC(C)(C)CC=CC(C)(CC)C(C)(C)CC(C)(C)C(=O)NCCOC(=O)N=C(N)N=C(N)N(C)C. The van der Waals surface area contributed by atoms with Crippen molar-refractivity contribution in [1.29, 1.82) is 0 Å². The van der Waals surface area contributed by atoms with E-state index in [4.69, 9.17) is 16.2 Å². The predicted octanol–water partition coefficient (Wildman–Crippen LogP) is 4.67. The minimum absolute atomic E-state index is 0.0314. The van der Waals surface area contributed by atoms with Crippen molar-refractivity contribution in [2.45, 2.75) is 88.0 Å². The molecule has 0 radical (unpaired) electrons. The van der Waals surface area contributed by atoms with Gasteiger partial charge in [0.15, 0.2) is 5.96 Å². The summed E-state index contributed by atoms with van der Waals surface area (Å²) in [6.45, 7) is 19.8. The van der Waals surface area contributed by atoms with Gasteiger partial charge in [0, 0.05) is 19.5 Å². The summed E-state index contributed by atoms with van der Waals surface area (Å²) in [7, 11) is 3.37. The van der Waals surface area contributed by atoms with Crippen molar-refractivity contribution >= 4 is 23.9 Å². The second kappa shape index (κ2) is 13.7. The third-order valence-corrected chi connectivity index (χ3v) is 7.40. The Bertz CT molecular complexity index is 827. The van der Waals surface area contributed by atoms with Gasteiger partial charge in [-0.15, -0.1) is 4.99 Å². The summed E-state index contributed by atoms with van der Waals surface area (Å²) in [4.78, 5) is 33.6. The minimum atomic E-state index is -0.894. The molecule has 5 N–H and O–H groups in total. The van der Waals surface area contributed by atoms with Crippen molar-refractivity contribution in [2.24, 2.45) is 43.1 Å². The normalized spacial score (nSPS) is 15.5. The highest BCUT2D eigenvalue weighted by molar-refractivity contribution is 5.97. The Labute approximate surface area is 219 Å². The van der Waals surface area contributed by atoms with E-state index in [1.165, 1.54) is 4.90 Å². The average Bonchev–Trinajstić information content (AvgIpc) is 2.75. The second-order valence-corrected chi connectivity index (χ2v) is 12.0. The Kier molecular flexibility index (Phi) is 12.7. The lowest BCUT2D eigenvalue weighted by molar-refractivity contribution is -0.132. The molecule has 1 unspecified atom stereocenters. The maximum atomic E-state index is 13.0. The number of hydrogen-bond donors (Lipinski definition) is 3. The van der Waals surface area contributed by atoms with Gasteiger partial charge in [-0.25, -0.2) is 4.79 Å². The van der Waals surface area contributed by atoms with Crippen molar-refractivity contribution < 1.29 is 14.3 Å². The van der Waals surface area contributed by atoms with Crippen LogP contribution >= 0.6 is 0 Å². The van der Waals surface area contributed by atoms with Crippen LogP contribution in [0.5, 0.6) is 0 Å². The summed E-state index contributed by atoms with van der Waals surface area (Å²) in [6.07, 6.45) is 7.60. The van der Waals surface area contributed by atoms with Crippen LogP contribution in [0.2, 0.25) is 0 Å². The number of nitrogens with two attached hydrogens (primary N) is 2. The molecule has 9 heteroatoms. The van der Waals surface area contributed by atoms with E-state index in [2.05, 4.69) is 75.9 Å². The first-order chi connectivity index (χ1) is 16.3. The molecule has 0 aliphatic heterocycles. The van der Waals surface area contributed by atoms with Gasteiger partial charge in [0.2, 0.25) is 11.9 Å². The van der Waals surface area contributed by atoms with Gasteiger partial charge in [-0.05, 0) is 35.5 Å². The van der Waals surface area contributed by atoms with Crippen molar-refractivity contribution in [1.82, 2.24) is 10.2 Å². The highest BCUT2D eigenvalue weighted by atomic mass is 16.5. The number of amides is 2. The van der Waals surface area contributed by atoms with Crippen LogP contribution in [0.4, 0.5) is 4.79 Å². The lowest BCUT2D eigenvalue weighted by atomic mass is 9.59. The fourth-order valence-electron chi connectivity index (χ4n) is 3.90. The largest absolute Gasteiger partial charge is 0.446 e. The molecule has 0 heterocycles. The van der Waals surface area contributed by atoms with Crippen LogP contribution in [0, 0.1) is 21.7 Å². The van der Waals surface area contributed by atoms with Crippen molar-refractivity contribution in [3.8, 4) is 0 Å². The number of hydrogen-bond acceptors (Lipinski definition) is 3. The van der Waals surface area contributed by atoms with Crippen molar-refractivity contribution in [3.05, 3.63) is 12.2 Å². The first kappa shape index (κ1) is 33.4. The Balaban J connectivity index is 5.02. The average molecular weight is 509 g/mol. The Morgan fingerprint density at radius 3 is 2.06 bits per heavy atom. The van der Waals surface area contributed by atoms with Gasteiger partial charge >= 0.3 is 6.09 Å². The molecule has 9 nitrogen and oxygen atoms in total. The molecule has 2 amide bonds. The molecule has 0 bridgehead atoms.